The summed E-state index contributed by atoms with van der Waals surface area (Å²) < 4.78 is 0. The first-order chi connectivity index (χ1) is 11.3. The summed E-state index contributed by atoms with van der Waals surface area (Å²) in [6.07, 6.45) is 5.11. The van der Waals surface area contributed by atoms with Crippen molar-refractivity contribution in [1.82, 2.24) is 0 Å². The van der Waals surface area contributed by atoms with Crippen LogP contribution in [0.4, 0.5) is 0 Å². The predicted octanol–water partition coefficient (Wildman–Crippen LogP) is 7.30. The Hall–Kier alpha value is -1.00. The molecule has 0 bridgehead atoms. The van der Waals surface area contributed by atoms with E-state index in [1.807, 2.05) is 0 Å². The number of hydrogen-bond acceptors (Lipinski definition) is 0. The minimum Gasteiger partial charge on any atom is -0.125 e. The van der Waals surface area contributed by atoms with Crippen molar-refractivity contribution in [2.45, 2.75) is 97.7 Å². The molecule has 0 spiro atoms. The number of rotatable bonds is 7. The molecule has 0 fully saturated rings. The maximum Gasteiger partial charge on any atom is 0.146 e. The van der Waals surface area contributed by atoms with Crippen molar-refractivity contribution in [1.29, 1.82) is 0 Å². The average Bonchev–Trinajstić information content (AvgIpc) is 2.48. The van der Waals surface area contributed by atoms with Crippen LogP contribution < -0.4 is 0 Å². The molecule has 1 rings (SSSR count). The SMILES string of the molecule is CCCCCc1ccc(C#C[Si](C(C)C)(C(C)C)C(C)C)c(C)c1. The minimum absolute atomic E-state index is 0.693. The lowest BCUT2D eigenvalue weighted by molar-refractivity contribution is 0.717. The van der Waals surface area contributed by atoms with Crippen molar-refractivity contribution >= 4 is 8.07 Å². The van der Waals surface area contributed by atoms with Gasteiger partial charge >= 0.3 is 0 Å². The molecule has 0 aliphatic carbocycles. The van der Waals surface area contributed by atoms with E-state index in [1.165, 1.54) is 42.4 Å². The van der Waals surface area contributed by atoms with E-state index in [0.29, 0.717) is 16.6 Å². The van der Waals surface area contributed by atoms with Gasteiger partial charge in [-0.25, -0.2) is 0 Å². The highest BCUT2D eigenvalue weighted by Gasteiger charge is 2.41. The lowest BCUT2D eigenvalue weighted by Crippen LogP contribution is -2.43. The highest BCUT2D eigenvalue weighted by atomic mass is 28.3. The summed E-state index contributed by atoms with van der Waals surface area (Å²) in [5, 5.41) is 0. The molecular formula is C23H38Si. The van der Waals surface area contributed by atoms with Gasteiger partial charge in [0.25, 0.3) is 0 Å². The van der Waals surface area contributed by atoms with E-state index >= 15 is 0 Å². The third-order valence-corrected chi connectivity index (χ3v) is 11.9. The van der Waals surface area contributed by atoms with Gasteiger partial charge in [0.15, 0.2) is 0 Å². The summed E-state index contributed by atoms with van der Waals surface area (Å²) in [5.41, 5.74) is 9.97. The maximum atomic E-state index is 3.85. The highest BCUT2D eigenvalue weighted by molar-refractivity contribution is 6.90. The molecular weight excluding hydrogens is 304 g/mol. The molecule has 1 heteroatoms. The van der Waals surface area contributed by atoms with Crippen molar-refractivity contribution in [2.75, 3.05) is 0 Å². The van der Waals surface area contributed by atoms with Gasteiger partial charge in [0, 0.05) is 5.56 Å². The van der Waals surface area contributed by atoms with E-state index in [0.717, 1.165) is 0 Å². The van der Waals surface area contributed by atoms with Crippen LogP contribution in [0, 0.1) is 18.4 Å². The van der Waals surface area contributed by atoms with Gasteiger partial charge in [0.1, 0.15) is 8.07 Å². The summed E-state index contributed by atoms with van der Waals surface area (Å²) in [6.45, 7) is 18.8. The second kappa shape index (κ2) is 9.47. The molecule has 0 aromatic heterocycles. The second-order valence-electron chi connectivity index (χ2n) is 8.25. The van der Waals surface area contributed by atoms with Crippen molar-refractivity contribution in [3.8, 4) is 11.5 Å². The van der Waals surface area contributed by atoms with Crippen LogP contribution in [0.25, 0.3) is 0 Å². The van der Waals surface area contributed by atoms with Gasteiger partial charge in [-0.2, -0.15) is 0 Å². The summed E-state index contributed by atoms with van der Waals surface area (Å²) in [4.78, 5) is 0. The first-order valence-electron chi connectivity index (χ1n) is 9.88. The molecule has 0 saturated heterocycles. The third-order valence-electron chi connectivity index (χ3n) is 5.64. The number of benzene rings is 1. The molecule has 0 atom stereocenters. The van der Waals surface area contributed by atoms with Crippen LogP contribution in [0.2, 0.25) is 16.6 Å². The Balaban J connectivity index is 3.09. The fourth-order valence-corrected chi connectivity index (χ4v) is 9.43. The van der Waals surface area contributed by atoms with Gasteiger partial charge in [-0.1, -0.05) is 79.4 Å². The number of unbranched alkanes of at least 4 members (excludes halogenated alkanes) is 2. The van der Waals surface area contributed by atoms with Crippen LogP contribution in [0.5, 0.6) is 0 Å². The van der Waals surface area contributed by atoms with Crippen LogP contribution >= 0.6 is 0 Å². The smallest absolute Gasteiger partial charge is 0.125 e. The molecule has 0 nitrogen and oxygen atoms in total. The Labute approximate surface area is 152 Å². The van der Waals surface area contributed by atoms with E-state index in [-0.39, 0.29) is 0 Å². The van der Waals surface area contributed by atoms with E-state index in [4.69, 9.17) is 0 Å². The van der Waals surface area contributed by atoms with Crippen LogP contribution in [-0.4, -0.2) is 8.07 Å². The largest absolute Gasteiger partial charge is 0.146 e. The molecule has 0 aliphatic rings. The summed E-state index contributed by atoms with van der Waals surface area (Å²) in [5.74, 6) is 3.60. The molecule has 1 aromatic rings. The van der Waals surface area contributed by atoms with Crippen LogP contribution in [0.3, 0.4) is 0 Å². The van der Waals surface area contributed by atoms with Crippen LogP contribution in [0.15, 0.2) is 18.2 Å². The standard InChI is InChI=1S/C23H38Si/c1-9-10-11-12-22-13-14-23(21(8)17-22)15-16-24(18(2)3,19(4)5)20(6)7/h13-14,17-20H,9-12H2,1-8H3. The van der Waals surface area contributed by atoms with Crippen molar-refractivity contribution in [2.24, 2.45) is 0 Å². The van der Waals surface area contributed by atoms with Crippen molar-refractivity contribution < 1.29 is 0 Å². The van der Waals surface area contributed by atoms with Gasteiger partial charge in [0.2, 0.25) is 0 Å². The lowest BCUT2D eigenvalue weighted by atomic mass is 10.0. The zero-order valence-electron chi connectivity index (χ0n) is 17.3. The number of hydrogen-bond donors (Lipinski definition) is 0. The summed E-state index contributed by atoms with van der Waals surface area (Å²) in [7, 11) is -1.63. The average molecular weight is 343 g/mol. The van der Waals surface area contributed by atoms with E-state index in [2.05, 4.69) is 85.1 Å². The maximum absolute atomic E-state index is 3.85. The molecule has 0 radical (unpaired) electrons. The molecule has 0 heterocycles. The van der Waals surface area contributed by atoms with Crippen LogP contribution in [-0.2, 0) is 6.42 Å². The monoisotopic (exact) mass is 342 g/mol. The normalized spacial score (nSPS) is 12.0. The van der Waals surface area contributed by atoms with Gasteiger partial charge in [-0.3, -0.25) is 0 Å². The number of aryl methyl sites for hydroxylation is 2. The molecule has 0 aliphatic heterocycles. The Morgan fingerprint density at radius 3 is 1.96 bits per heavy atom. The Morgan fingerprint density at radius 2 is 1.50 bits per heavy atom. The van der Waals surface area contributed by atoms with E-state index in [9.17, 15) is 0 Å². The first-order valence-corrected chi connectivity index (χ1v) is 12.1. The van der Waals surface area contributed by atoms with Crippen molar-refractivity contribution in [3.05, 3.63) is 34.9 Å². The molecule has 24 heavy (non-hydrogen) atoms. The highest BCUT2D eigenvalue weighted by Crippen LogP contribution is 2.40. The van der Waals surface area contributed by atoms with Gasteiger partial charge < -0.3 is 0 Å². The third kappa shape index (κ3) is 5.00. The minimum atomic E-state index is -1.63. The van der Waals surface area contributed by atoms with Gasteiger partial charge in [-0.15, -0.1) is 5.54 Å². The Morgan fingerprint density at radius 1 is 0.917 bits per heavy atom. The lowest BCUT2D eigenvalue weighted by Gasteiger charge is -2.38. The van der Waals surface area contributed by atoms with Crippen LogP contribution in [0.1, 0.15) is 84.4 Å². The van der Waals surface area contributed by atoms with Gasteiger partial charge in [-0.05, 0) is 53.6 Å². The van der Waals surface area contributed by atoms with E-state index < -0.39 is 8.07 Å². The molecule has 0 amide bonds. The predicted molar refractivity (Wildman–Crippen MR) is 112 cm³/mol. The first kappa shape index (κ1) is 21.0. The topological polar surface area (TPSA) is 0 Å². The van der Waals surface area contributed by atoms with Crippen molar-refractivity contribution in [3.63, 3.8) is 0 Å². The quantitative estimate of drug-likeness (QED) is 0.277. The zero-order valence-corrected chi connectivity index (χ0v) is 18.3. The van der Waals surface area contributed by atoms with Gasteiger partial charge in [0.05, 0.1) is 0 Å². The Kier molecular flexibility index (Phi) is 8.30. The fraction of sp³-hybridized carbons (Fsp3) is 0.652. The molecule has 0 N–H and O–H groups in total. The fourth-order valence-electron chi connectivity index (χ4n) is 4.21. The second-order valence-corrected chi connectivity index (χ2v) is 13.8. The molecule has 0 unspecified atom stereocenters. The zero-order chi connectivity index (χ0) is 18.3. The summed E-state index contributed by atoms with van der Waals surface area (Å²) in [6, 6.07) is 6.89. The van der Waals surface area contributed by atoms with E-state index in [1.54, 1.807) is 0 Å². The molecule has 1 aromatic carbocycles. The molecule has 0 saturated carbocycles. The molecule has 134 valence electrons. The Bertz CT molecular complexity index is 548. The summed E-state index contributed by atoms with van der Waals surface area (Å²) >= 11 is 0.